The number of amides is 1. The summed E-state index contributed by atoms with van der Waals surface area (Å²) < 4.78 is 17.1. The molecule has 3 rings (SSSR count). The lowest BCUT2D eigenvalue weighted by molar-refractivity contribution is -0.121. The Morgan fingerprint density at radius 2 is 2.04 bits per heavy atom. The molecule has 0 saturated heterocycles. The van der Waals surface area contributed by atoms with Gasteiger partial charge in [0.15, 0.2) is 11.5 Å². The van der Waals surface area contributed by atoms with Crippen molar-refractivity contribution < 1.29 is 19.0 Å². The second-order valence-corrected chi connectivity index (χ2v) is 5.94. The van der Waals surface area contributed by atoms with Crippen molar-refractivity contribution in [1.82, 2.24) is 5.32 Å². The summed E-state index contributed by atoms with van der Waals surface area (Å²) in [6.07, 6.45) is 0.303. The van der Waals surface area contributed by atoms with Gasteiger partial charge >= 0.3 is 0 Å². The van der Waals surface area contributed by atoms with E-state index in [1.54, 1.807) is 0 Å². The minimum absolute atomic E-state index is 0.0577. The highest BCUT2D eigenvalue weighted by atomic mass is 79.9. The molecule has 0 fully saturated rings. The van der Waals surface area contributed by atoms with Crippen molar-refractivity contribution in [3.05, 3.63) is 52.5 Å². The van der Waals surface area contributed by atoms with E-state index >= 15 is 0 Å². The molecule has 1 heterocycles. The van der Waals surface area contributed by atoms with Gasteiger partial charge in [0, 0.05) is 11.0 Å². The lowest BCUT2D eigenvalue weighted by Gasteiger charge is -2.08. The highest BCUT2D eigenvalue weighted by molar-refractivity contribution is 9.10. The molecule has 0 spiro atoms. The number of ether oxygens (including phenoxy) is 3. The highest BCUT2D eigenvalue weighted by Gasteiger charge is 2.13. The molecule has 5 nitrogen and oxygen atoms in total. The van der Waals surface area contributed by atoms with Gasteiger partial charge < -0.3 is 19.5 Å². The third-order valence-electron chi connectivity index (χ3n) is 3.32. The smallest absolute Gasteiger partial charge is 0.231 e. The SMILES string of the molecule is O=C(CCOc1cccc(Br)c1)NCc1ccc2c(c1)OCO2. The molecule has 2 aromatic carbocycles. The lowest BCUT2D eigenvalue weighted by atomic mass is 10.2. The van der Waals surface area contributed by atoms with Crippen molar-refractivity contribution in [2.75, 3.05) is 13.4 Å². The van der Waals surface area contributed by atoms with Gasteiger partial charge in [0.25, 0.3) is 0 Å². The second-order valence-electron chi connectivity index (χ2n) is 5.02. The van der Waals surface area contributed by atoms with Crippen LogP contribution < -0.4 is 19.5 Å². The molecule has 1 aliphatic rings. The second kappa shape index (κ2) is 7.37. The maximum atomic E-state index is 11.9. The fourth-order valence-corrected chi connectivity index (χ4v) is 2.54. The molecule has 0 atom stereocenters. The first-order valence-corrected chi connectivity index (χ1v) is 8.03. The Balaban J connectivity index is 1.41. The van der Waals surface area contributed by atoms with Gasteiger partial charge in [-0.25, -0.2) is 0 Å². The zero-order valence-corrected chi connectivity index (χ0v) is 14.0. The lowest BCUT2D eigenvalue weighted by Crippen LogP contribution is -2.24. The summed E-state index contributed by atoms with van der Waals surface area (Å²) in [5.41, 5.74) is 0.968. The van der Waals surface area contributed by atoms with E-state index in [0.717, 1.165) is 27.3 Å². The summed E-state index contributed by atoms with van der Waals surface area (Å²) in [6.45, 7) is 1.04. The standard InChI is InChI=1S/C17H16BrNO4/c18-13-2-1-3-14(9-13)21-7-6-17(20)19-10-12-4-5-15-16(8-12)23-11-22-15/h1-5,8-9H,6-7,10-11H2,(H,19,20). The summed E-state index contributed by atoms with van der Waals surface area (Å²) in [5, 5.41) is 2.86. The summed E-state index contributed by atoms with van der Waals surface area (Å²) in [5.74, 6) is 2.14. The summed E-state index contributed by atoms with van der Waals surface area (Å²) in [4.78, 5) is 11.9. The topological polar surface area (TPSA) is 56.8 Å². The van der Waals surface area contributed by atoms with Crippen LogP contribution in [0.4, 0.5) is 0 Å². The first-order valence-electron chi connectivity index (χ1n) is 7.24. The van der Waals surface area contributed by atoms with Crippen LogP contribution in [-0.2, 0) is 11.3 Å². The number of benzene rings is 2. The Morgan fingerprint density at radius 3 is 2.91 bits per heavy atom. The number of carbonyl (C=O) groups is 1. The van der Waals surface area contributed by atoms with Crippen LogP contribution in [0, 0.1) is 0 Å². The average molecular weight is 378 g/mol. The van der Waals surface area contributed by atoms with Crippen LogP contribution in [0.2, 0.25) is 0 Å². The van der Waals surface area contributed by atoms with Crippen LogP contribution in [0.25, 0.3) is 0 Å². The quantitative estimate of drug-likeness (QED) is 0.839. The zero-order valence-electron chi connectivity index (χ0n) is 12.4. The summed E-state index contributed by atoms with van der Waals surface area (Å²) in [6, 6.07) is 13.2. The zero-order chi connectivity index (χ0) is 16.1. The van der Waals surface area contributed by atoms with Gasteiger partial charge in [0.05, 0.1) is 13.0 Å². The molecule has 0 radical (unpaired) electrons. The van der Waals surface area contributed by atoms with Crippen LogP contribution in [0.5, 0.6) is 17.2 Å². The molecule has 0 saturated carbocycles. The molecule has 120 valence electrons. The third-order valence-corrected chi connectivity index (χ3v) is 3.81. The number of rotatable bonds is 6. The van der Waals surface area contributed by atoms with Crippen LogP contribution >= 0.6 is 15.9 Å². The van der Waals surface area contributed by atoms with Crippen molar-refractivity contribution in [3.63, 3.8) is 0 Å². The summed E-state index contributed by atoms with van der Waals surface area (Å²) in [7, 11) is 0. The van der Waals surface area contributed by atoms with Crippen LogP contribution in [0.1, 0.15) is 12.0 Å². The van der Waals surface area contributed by atoms with E-state index in [1.165, 1.54) is 0 Å². The van der Waals surface area contributed by atoms with Crippen LogP contribution in [0.15, 0.2) is 46.9 Å². The summed E-state index contributed by atoms with van der Waals surface area (Å²) >= 11 is 3.38. The molecular formula is C17H16BrNO4. The largest absolute Gasteiger partial charge is 0.493 e. The van der Waals surface area contributed by atoms with E-state index in [2.05, 4.69) is 21.2 Å². The van der Waals surface area contributed by atoms with Gasteiger partial charge in [0.2, 0.25) is 12.7 Å². The van der Waals surface area contributed by atoms with Gasteiger partial charge in [-0.1, -0.05) is 28.1 Å². The molecule has 2 aromatic rings. The Morgan fingerprint density at radius 1 is 1.17 bits per heavy atom. The molecule has 6 heteroatoms. The molecule has 0 unspecified atom stereocenters. The predicted octanol–water partition coefficient (Wildman–Crippen LogP) is 3.26. The van der Waals surface area contributed by atoms with E-state index in [0.29, 0.717) is 19.6 Å². The minimum atomic E-state index is -0.0577. The van der Waals surface area contributed by atoms with Crippen molar-refractivity contribution in [1.29, 1.82) is 0 Å². The predicted molar refractivity (Wildman–Crippen MR) is 88.7 cm³/mol. The molecule has 0 aliphatic carbocycles. The van der Waals surface area contributed by atoms with Crippen LogP contribution in [-0.4, -0.2) is 19.3 Å². The Labute approximate surface area is 142 Å². The van der Waals surface area contributed by atoms with E-state index in [-0.39, 0.29) is 12.7 Å². The monoisotopic (exact) mass is 377 g/mol. The normalized spacial score (nSPS) is 12.0. The van der Waals surface area contributed by atoms with Gasteiger partial charge in [-0.3, -0.25) is 4.79 Å². The first kappa shape index (κ1) is 15.7. The highest BCUT2D eigenvalue weighted by Crippen LogP contribution is 2.32. The number of carbonyl (C=O) groups excluding carboxylic acids is 1. The average Bonchev–Trinajstić information content (AvgIpc) is 3.00. The van der Waals surface area contributed by atoms with Crippen molar-refractivity contribution in [2.45, 2.75) is 13.0 Å². The minimum Gasteiger partial charge on any atom is -0.493 e. The van der Waals surface area contributed by atoms with Crippen molar-refractivity contribution >= 4 is 21.8 Å². The number of halogens is 1. The third kappa shape index (κ3) is 4.39. The Hall–Kier alpha value is -2.21. The van der Waals surface area contributed by atoms with Crippen LogP contribution in [0.3, 0.4) is 0 Å². The van der Waals surface area contributed by atoms with Crippen molar-refractivity contribution in [2.24, 2.45) is 0 Å². The molecule has 23 heavy (non-hydrogen) atoms. The van der Waals surface area contributed by atoms with E-state index in [4.69, 9.17) is 14.2 Å². The van der Waals surface area contributed by atoms with Gasteiger partial charge in [-0.2, -0.15) is 0 Å². The Bertz CT molecular complexity index is 705. The van der Waals surface area contributed by atoms with E-state index in [9.17, 15) is 4.79 Å². The van der Waals surface area contributed by atoms with Crippen molar-refractivity contribution in [3.8, 4) is 17.2 Å². The molecule has 0 aromatic heterocycles. The van der Waals surface area contributed by atoms with E-state index < -0.39 is 0 Å². The molecule has 1 amide bonds. The molecular weight excluding hydrogens is 362 g/mol. The van der Waals surface area contributed by atoms with E-state index in [1.807, 2.05) is 42.5 Å². The maximum absolute atomic E-state index is 11.9. The van der Waals surface area contributed by atoms with Gasteiger partial charge in [-0.15, -0.1) is 0 Å². The fourth-order valence-electron chi connectivity index (χ4n) is 2.16. The number of hydrogen-bond donors (Lipinski definition) is 1. The maximum Gasteiger partial charge on any atom is 0.231 e. The Kier molecular flexibility index (Phi) is 5.02. The molecule has 1 N–H and O–H groups in total. The number of nitrogens with one attached hydrogen (secondary N) is 1. The fraction of sp³-hybridized carbons (Fsp3) is 0.235. The van der Waals surface area contributed by atoms with Gasteiger partial charge in [-0.05, 0) is 35.9 Å². The number of hydrogen-bond acceptors (Lipinski definition) is 4. The number of fused-ring (bicyclic) bond motifs is 1. The molecule has 1 aliphatic heterocycles. The van der Waals surface area contributed by atoms with Gasteiger partial charge in [0.1, 0.15) is 5.75 Å². The first-order chi connectivity index (χ1) is 11.2. The molecule has 0 bridgehead atoms.